The third-order valence-electron chi connectivity index (χ3n) is 1.11. The van der Waals surface area contributed by atoms with Crippen molar-refractivity contribution in [1.82, 2.24) is 4.57 Å². The van der Waals surface area contributed by atoms with Gasteiger partial charge in [0.25, 0.3) is 0 Å². The van der Waals surface area contributed by atoms with Crippen LogP contribution in [-0.2, 0) is 4.74 Å². The number of amides is 1. The van der Waals surface area contributed by atoms with Gasteiger partial charge < -0.3 is 9.30 Å². The molecule has 0 rings (SSSR count). The minimum Gasteiger partial charge on any atom is -0.444 e. The minimum atomic E-state index is -0.402. The fourth-order valence-electron chi connectivity index (χ4n) is 0.608. The topological polar surface area (TPSA) is 29.5 Å². The Balaban J connectivity index is 3.95. The Hall–Kier alpha value is -0.773. The van der Waals surface area contributed by atoms with Crippen molar-refractivity contribution in [3.8, 4) is 0 Å². The van der Waals surface area contributed by atoms with Gasteiger partial charge in [-0.05, 0) is 20.8 Å². The SMILES string of the molecule is C=CCN([SiH3])C(=O)OC(C)(C)C. The van der Waals surface area contributed by atoms with Gasteiger partial charge in [0.1, 0.15) is 16.0 Å². The van der Waals surface area contributed by atoms with Crippen LogP contribution in [0.2, 0.25) is 0 Å². The molecule has 0 radical (unpaired) electrons. The lowest BCUT2D eigenvalue weighted by atomic mass is 10.2. The van der Waals surface area contributed by atoms with Crippen LogP contribution < -0.4 is 0 Å². The smallest absolute Gasteiger partial charge is 0.401 e. The first-order chi connectivity index (χ1) is 5.37. The summed E-state index contributed by atoms with van der Waals surface area (Å²) in [6.07, 6.45) is 1.44. The summed E-state index contributed by atoms with van der Waals surface area (Å²) in [5.74, 6) is 0. The molecule has 0 aliphatic carbocycles. The number of carbonyl (C=O) groups is 1. The molecule has 0 aliphatic heterocycles. The Bertz CT molecular complexity index is 174. The largest absolute Gasteiger partial charge is 0.444 e. The maximum absolute atomic E-state index is 11.2. The number of hydrogen-bond acceptors (Lipinski definition) is 2. The standard InChI is InChI=1S/C8H17NO2Si/c1-5-6-9(12)7(10)11-8(2,3)4/h5H,1,6H2,2-4,12H3. The van der Waals surface area contributed by atoms with Crippen LogP contribution >= 0.6 is 0 Å². The van der Waals surface area contributed by atoms with E-state index in [0.717, 1.165) is 0 Å². The molecule has 0 unspecified atom stereocenters. The average Bonchev–Trinajstić information content (AvgIpc) is 1.84. The van der Waals surface area contributed by atoms with Gasteiger partial charge in [-0.2, -0.15) is 0 Å². The zero-order valence-corrected chi connectivity index (χ0v) is 10.3. The molecule has 70 valence electrons. The Morgan fingerprint density at radius 1 is 1.67 bits per heavy atom. The first-order valence-electron chi connectivity index (χ1n) is 3.92. The zero-order valence-electron chi connectivity index (χ0n) is 8.26. The van der Waals surface area contributed by atoms with E-state index in [4.69, 9.17) is 4.74 Å². The van der Waals surface area contributed by atoms with E-state index >= 15 is 0 Å². The first-order valence-corrected chi connectivity index (χ1v) is 4.81. The summed E-state index contributed by atoms with van der Waals surface area (Å²) in [6.45, 7) is 9.69. The molecule has 3 nitrogen and oxygen atoms in total. The molecule has 0 N–H and O–H groups in total. The third kappa shape index (κ3) is 4.95. The van der Waals surface area contributed by atoms with Crippen LogP contribution in [0.15, 0.2) is 12.7 Å². The third-order valence-corrected chi connectivity index (χ3v) is 1.84. The van der Waals surface area contributed by atoms with E-state index in [1.165, 1.54) is 0 Å². The van der Waals surface area contributed by atoms with Gasteiger partial charge in [-0.15, -0.1) is 6.58 Å². The van der Waals surface area contributed by atoms with Crippen LogP contribution in [0.5, 0.6) is 0 Å². The lowest BCUT2D eigenvalue weighted by Gasteiger charge is -2.24. The van der Waals surface area contributed by atoms with E-state index in [2.05, 4.69) is 6.58 Å². The molecule has 0 spiro atoms. The van der Waals surface area contributed by atoms with Crippen molar-refractivity contribution in [3.05, 3.63) is 12.7 Å². The number of ether oxygens (including phenoxy) is 1. The molecule has 0 saturated carbocycles. The second kappa shape index (κ2) is 4.30. The van der Waals surface area contributed by atoms with Gasteiger partial charge in [-0.3, -0.25) is 0 Å². The van der Waals surface area contributed by atoms with Gasteiger partial charge in [-0.1, -0.05) is 6.08 Å². The van der Waals surface area contributed by atoms with Crippen molar-refractivity contribution in [1.29, 1.82) is 0 Å². The number of carbonyl (C=O) groups excluding carboxylic acids is 1. The molecule has 0 aliphatic rings. The van der Waals surface area contributed by atoms with Crippen molar-refractivity contribution >= 4 is 16.5 Å². The van der Waals surface area contributed by atoms with E-state index in [1.54, 1.807) is 10.6 Å². The summed E-state index contributed by atoms with van der Waals surface area (Å²) in [7, 11) is 0.664. The number of rotatable bonds is 2. The molecule has 4 heteroatoms. The van der Waals surface area contributed by atoms with Crippen LogP contribution in [0, 0.1) is 0 Å². The van der Waals surface area contributed by atoms with Gasteiger partial charge in [0, 0.05) is 6.54 Å². The van der Waals surface area contributed by atoms with Crippen LogP contribution in [-0.4, -0.2) is 33.2 Å². The molecule has 0 aromatic rings. The molecule has 0 saturated heterocycles. The van der Waals surface area contributed by atoms with E-state index < -0.39 is 5.60 Å². The maximum Gasteiger partial charge on any atom is 0.401 e. The molecule has 12 heavy (non-hydrogen) atoms. The van der Waals surface area contributed by atoms with Crippen molar-refractivity contribution in [3.63, 3.8) is 0 Å². The van der Waals surface area contributed by atoms with Crippen molar-refractivity contribution in [2.24, 2.45) is 0 Å². The molecular formula is C8H17NO2Si. The highest BCUT2D eigenvalue weighted by Gasteiger charge is 2.17. The predicted molar refractivity (Wildman–Crippen MR) is 53.1 cm³/mol. The van der Waals surface area contributed by atoms with Gasteiger partial charge in [0.2, 0.25) is 0 Å². The second-order valence-electron chi connectivity index (χ2n) is 3.65. The molecule has 0 heterocycles. The van der Waals surface area contributed by atoms with Crippen LogP contribution in [0.1, 0.15) is 20.8 Å². The van der Waals surface area contributed by atoms with E-state index in [-0.39, 0.29) is 6.09 Å². The lowest BCUT2D eigenvalue weighted by molar-refractivity contribution is 0.0405. The summed E-state index contributed by atoms with van der Waals surface area (Å²) >= 11 is 0. The van der Waals surface area contributed by atoms with Gasteiger partial charge in [-0.25, -0.2) is 4.79 Å². The average molecular weight is 187 g/mol. The summed E-state index contributed by atoms with van der Waals surface area (Å²) in [4.78, 5) is 11.2. The highest BCUT2D eigenvalue weighted by Crippen LogP contribution is 2.08. The molecule has 0 bridgehead atoms. The number of nitrogens with zero attached hydrogens (tertiary/aromatic N) is 1. The van der Waals surface area contributed by atoms with Gasteiger partial charge >= 0.3 is 6.09 Å². The van der Waals surface area contributed by atoms with Crippen LogP contribution in [0.4, 0.5) is 4.79 Å². The maximum atomic E-state index is 11.2. The Morgan fingerprint density at radius 2 is 2.17 bits per heavy atom. The Morgan fingerprint density at radius 3 is 2.50 bits per heavy atom. The first kappa shape index (κ1) is 11.2. The fraction of sp³-hybridized carbons (Fsp3) is 0.625. The summed E-state index contributed by atoms with van der Waals surface area (Å²) in [5.41, 5.74) is -0.402. The van der Waals surface area contributed by atoms with Crippen molar-refractivity contribution < 1.29 is 9.53 Å². The molecule has 1 amide bonds. The molecular weight excluding hydrogens is 170 g/mol. The van der Waals surface area contributed by atoms with E-state index in [0.29, 0.717) is 16.9 Å². The number of hydrogen-bond donors (Lipinski definition) is 0. The van der Waals surface area contributed by atoms with E-state index in [9.17, 15) is 4.79 Å². The monoisotopic (exact) mass is 187 g/mol. The normalized spacial score (nSPS) is 10.9. The fourth-order valence-corrected chi connectivity index (χ4v) is 0.958. The van der Waals surface area contributed by atoms with Gasteiger partial charge in [0.15, 0.2) is 0 Å². The van der Waals surface area contributed by atoms with E-state index in [1.807, 2.05) is 20.8 Å². The lowest BCUT2D eigenvalue weighted by Crippen LogP contribution is -2.35. The highest BCUT2D eigenvalue weighted by molar-refractivity contribution is 6.12. The van der Waals surface area contributed by atoms with Gasteiger partial charge in [0.05, 0.1) is 0 Å². The predicted octanol–water partition coefficient (Wildman–Crippen LogP) is 0.690. The quantitative estimate of drug-likeness (QED) is 0.470. The molecule has 0 fully saturated rings. The summed E-state index contributed by atoms with van der Waals surface area (Å²) in [6, 6.07) is 0. The zero-order chi connectivity index (χ0) is 9.78. The molecule has 0 aromatic carbocycles. The summed E-state index contributed by atoms with van der Waals surface area (Å²) in [5, 5.41) is 0. The van der Waals surface area contributed by atoms with Crippen molar-refractivity contribution in [2.45, 2.75) is 26.4 Å². The minimum absolute atomic E-state index is 0.255. The van der Waals surface area contributed by atoms with Crippen LogP contribution in [0.3, 0.4) is 0 Å². The molecule has 0 atom stereocenters. The Kier molecular flexibility index (Phi) is 4.02. The molecule has 0 aromatic heterocycles. The van der Waals surface area contributed by atoms with Crippen LogP contribution in [0.25, 0.3) is 0 Å². The van der Waals surface area contributed by atoms with Crippen molar-refractivity contribution in [2.75, 3.05) is 6.54 Å². The summed E-state index contributed by atoms with van der Waals surface area (Å²) < 4.78 is 6.74. The second-order valence-corrected chi connectivity index (χ2v) is 4.73. The Labute approximate surface area is 76.9 Å². The highest BCUT2D eigenvalue weighted by atomic mass is 28.2.